The first kappa shape index (κ1) is 14.3. The van der Waals surface area contributed by atoms with E-state index in [2.05, 4.69) is 9.98 Å². The van der Waals surface area contributed by atoms with Crippen LogP contribution in [-0.2, 0) is 12.1 Å². The maximum absolute atomic E-state index is 13.5. The topological polar surface area (TPSA) is 46.7 Å². The molecule has 1 aromatic carbocycles. The van der Waals surface area contributed by atoms with E-state index in [0.717, 1.165) is 12.1 Å². The van der Waals surface area contributed by atoms with Crippen LogP contribution in [0.1, 0.15) is 11.1 Å². The van der Waals surface area contributed by atoms with Crippen LogP contribution in [0.15, 0.2) is 51.3 Å². The second kappa shape index (κ2) is 5.29. The molecule has 4 nitrogen and oxygen atoms in total. The molecule has 0 amide bonds. The lowest BCUT2D eigenvalue weighted by Crippen LogP contribution is -2.35. The van der Waals surface area contributed by atoms with Gasteiger partial charge in [0.25, 0.3) is 5.56 Å². The predicted octanol–water partition coefficient (Wildman–Crippen LogP) is 2.44. The number of hydrogen-bond acceptors (Lipinski definition) is 3. The maximum atomic E-state index is 13.5. The summed E-state index contributed by atoms with van der Waals surface area (Å²) in [7, 11) is 0. The maximum Gasteiger partial charge on any atom is 0.253 e. The number of halogens is 2. The third kappa shape index (κ3) is 2.36. The highest BCUT2D eigenvalue weighted by molar-refractivity contribution is 5.87. The summed E-state index contributed by atoms with van der Waals surface area (Å²) >= 11 is 0. The summed E-state index contributed by atoms with van der Waals surface area (Å²) < 4.78 is 28.2. The van der Waals surface area contributed by atoms with Gasteiger partial charge in [-0.1, -0.05) is 12.1 Å². The Morgan fingerprint density at radius 2 is 2.05 bits per heavy atom. The standard InChI is InChI=1S/C16H13F2N3O/c1-11-3-2-6-21(15(11)22)9-16(8-19-10-20-16)12-4-5-13(17)14(18)7-12/h2-8,10H,9H2,1H3/t16-/m1/s1. The Morgan fingerprint density at radius 3 is 2.73 bits per heavy atom. The number of aliphatic imine (C=N–C) groups is 2. The molecule has 0 N–H and O–H groups in total. The summed E-state index contributed by atoms with van der Waals surface area (Å²) in [5, 5.41) is 0. The molecule has 22 heavy (non-hydrogen) atoms. The number of hydrogen-bond donors (Lipinski definition) is 0. The third-order valence-electron chi connectivity index (χ3n) is 3.68. The van der Waals surface area contributed by atoms with E-state index < -0.39 is 17.2 Å². The molecular weight excluding hydrogens is 288 g/mol. The van der Waals surface area contributed by atoms with E-state index in [1.165, 1.54) is 23.2 Å². The van der Waals surface area contributed by atoms with Crippen molar-refractivity contribution in [1.29, 1.82) is 0 Å². The minimum Gasteiger partial charge on any atom is -0.312 e. The van der Waals surface area contributed by atoms with Crippen LogP contribution in [0.5, 0.6) is 0 Å². The summed E-state index contributed by atoms with van der Waals surface area (Å²) in [6.07, 6.45) is 4.52. The molecule has 1 aromatic heterocycles. The molecule has 2 aromatic rings. The van der Waals surface area contributed by atoms with E-state index in [1.807, 2.05) is 0 Å². The smallest absolute Gasteiger partial charge is 0.253 e. The second-order valence-corrected chi connectivity index (χ2v) is 5.20. The summed E-state index contributed by atoms with van der Waals surface area (Å²) in [5.74, 6) is -1.88. The van der Waals surface area contributed by atoms with Gasteiger partial charge in [0, 0.05) is 18.0 Å². The van der Waals surface area contributed by atoms with Crippen molar-refractivity contribution in [1.82, 2.24) is 4.57 Å². The zero-order valence-corrected chi connectivity index (χ0v) is 11.8. The fraction of sp³-hybridized carbons (Fsp3) is 0.188. The van der Waals surface area contributed by atoms with Crippen LogP contribution in [-0.4, -0.2) is 17.1 Å². The quantitative estimate of drug-likeness (QED) is 0.859. The molecule has 0 fully saturated rings. The highest BCUT2D eigenvalue weighted by atomic mass is 19.2. The largest absolute Gasteiger partial charge is 0.312 e. The lowest BCUT2D eigenvalue weighted by molar-refractivity contribution is 0.479. The van der Waals surface area contributed by atoms with Crippen molar-refractivity contribution in [2.45, 2.75) is 19.0 Å². The van der Waals surface area contributed by atoms with Crippen LogP contribution < -0.4 is 5.56 Å². The summed E-state index contributed by atoms with van der Waals surface area (Å²) in [6, 6.07) is 7.06. The normalized spacial score (nSPS) is 19.8. The van der Waals surface area contributed by atoms with E-state index in [-0.39, 0.29) is 12.1 Å². The lowest BCUT2D eigenvalue weighted by Gasteiger charge is -2.24. The van der Waals surface area contributed by atoms with Gasteiger partial charge in [-0.15, -0.1) is 0 Å². The molecule has 0 bridgehead atoms. The van der Waals surface area contributed by atoms with Crippen LogP contribution in [0, 0.1) is 18.6 Å². The van der Waals surface area contributed by atoms with Crippen molar-refractivity contribution in [3.8, 4) is 0 Å². The van der Waals surface area contributed by atoms with Crippen molar-refractivity contribution in [2.24, 2.45) is 9.98 Å². The van der Waals surface area contributed by atoms with Crippen LogP contribution in [0.2, 0.25) is 0 Å². The second-order valence-electron chi connectivity index (χ2n) is 5.20. The molecule has 0 saturated carbocycles. The summed E-state index contributed by atoms with van der Waals surface area (Å²) in [6.45, 7) is 1.88. The number of rotatable bonds is 3. The molecule has 1 atom stereocenters. The average molecular weight is 301 g/mol. The van der Waals surface area contributed by atoms with Gasteiger partial charge in [0.1, 0.15) is 11.9 Å². The average Bonchev–Trinajstić information content (AvgIpc) is 2.96. The Balaban J connectivity index is 2.08. The highest BCUT2D eigenvalue weighted by Gasteiger charge is 2.33. The van der Waals surface area contributed by atoms with Gasteiger partial charge in [-0.3, -0.25) is 9.79 Å². The Bertz CT molecular complexity index is 828. The van der Waals surface area contributed by atoms with Gasteiger partial charge in [0.2, 0.25) is 0 Å². The zero-order valence-electron chi connectivity index (χ0n) is 11.8. The van der Waals surface area contributed by atoms with Gasteiger partial charge in [-0.05, 0) is 30.7 Å². The van der Waals surface area contributed by atoms with Crippen molar-refractivity contribution in [3.63, 3.8) is 0 Å². The number of aromatic nitrogens is 1. The molecule has 3 rings (SSSR count). The van der Waals surface area contributed by atoms with Crippen LogP contribution >= 0.6 is 0 Å². The molecule has 0 spiro atoms. The number of aryl methyl sites for hydroxylation is 1. The van der Waals surface area contributed by atoms with E-state index in [1.54, 1.807) is 25.3 Å². The molecule has 6 heteroatoms. The van der Waals surface area contributed by atoms with Crippen molar-refractivity contribution < 1.29 is 8.78 Å². The molecule has 0 unspecified atom stereocenters. The van der Waals surface area contributed by atoms with Crippen LogP contribution in [0.4, 0.5) is 8.78 Å². The van der Waals surface area contributed by atoms with E-state index in [4.69, 9.17) is 0 Å². The monoisotopic (exact) mass is 301 g/mol. The fourth-order valence-corrected chi connectivity index (χ4v) is 2.45. The number of benzene rings is 1. The minimum absolute atomic E-state index is 0.153. The Labute approximate surface area is 125 Å². The Hall–Kier alpha value is -2.63. The van der Waals surface area contributed by atoms with Crippen molar-refractivity contribution in [3.05, 3.63) is 69.6 Å². The van der Waals surface area contributed by atoms with Crippen LogP contribution in [0.25, 0.3) is 0 Å². The first-order valence-electron chi connectivity index (χ1n) is 6.71. The fourth-order valence-electron chi connectivity index (χ4n) is 2.45. The molecule has 1 aliphatic rings. The Kier molecular flexibility index (Phi) is 3.44. The Morgan fingerprint density at radius 1 is 1.23 bits per heavy atom. The summed E-state index contributed by atoms with van der Waals surface area (Å²) in [4.78, 5) is 20.4. The predicted molar refractivity (Wildman–Crippen MR) is 80.5 cm³/mol. The molecule has 0 saturated heterocycles. The zero-order chi connectivity index (χ0) is 15.7. The SMILES string of the molecule is Cc1cccn(C[C@@]2(c3ccc(F)c(F)c3)C=NC=N2)c1=O. The van der Waals surface area contributed by atoms with Gasteiger partial charge in [0.15, 0.2) is 11.6 Å². The van der Waals surface area contributed by atoms with Gasteiger partial charge < -0.3 is 4.57 Å². The van der Waals surface area contributed by atoms with E-state index in [0.29, 0.717) is 11.1 Å². The van der Waals surface area contributed by atoms with Crippen molar-refractivity contribution >= 4 is 12.6 Å². The van der Waals surface area contributed by atoms with Gasteiger partial charge in [-0.25, -0.2) is 13.8 Å². The minimum atomic E-state index is -1.01. The van der Waals surface area contributed by atoms with E-state index >= 15 is 0 Å². The van der Waals surface area contributed by atoms with Gasteiger partial charge in [0.05, 0.1) is 6.54 Å². The molecule has 1 aliphatic heterocycles. The lowest BCUT2D eigenvalue weighted by atomic mass is 9.91. The van der Waals surface area contributed by atoms with Crippen molar-refractivity contribution in [2.75, 3.05) is 0 Å². The molecule has 0 aliphatic carbocycles. The van der Waals surface area contributed by atoms with Crippen LogP contribution in [0.3, 0.4) is 0 Å². The molecule has 112 valence electrons. The molecule has 2 heterocycles. The van der Waals surface area contributed by atoms with Gasteiger partial charge >= 0.3 is 0 Å². The first-order chi connectivity index (χ1) is 10.5. The third-order valence-corrected chi connectivity index (χ3v) is 3.68. The number of nitrogens with zero attached hydrogens (tertiary/aromatic N) is 3. The highest BCUT2D eigenvalue weighted by Crippen LogP contribution is 2.29. The van der Waals surface area contributed by atoms with Gasteiger partial charge in [-0.2, -0.15) is 0 Å². The molecule has 0 radical (unpaired) electrons. The van der Waals surface area contributed by atoms with E-state index in [9.17, 15) is 13.6 Å². The molecular formula is C16H13F2N3O. The first-order valence-corrected chi connectivity index (χ1v) is 6.71. The number of pyridine rings is 1. The summed E-state index contributed by atoms with van der Waals surface area (Å²) in [5.41, 5.74) is -0.120.